The van der Waals surface area contributed by atoms with Crippen LogP contribution in [0.1, 0.15) is 45.4 Å². The van der Waals surface area contributed by atoms with Crippen molar-refractivity contribution in [2.45, 2.75) is 50.7 Å². The molecule has 0 spiro atoms. The van der Waals surface area contributed by atoms with E-state index in [-0.39, 0.29) is 6.03 Å². The van der Waals surface area contributed by atoms with Crippen molar-refractivity contribution in [3.05, 3.63) is 0 Å². The molecule has 21 heavy (non-hydrogen) atoms. The van der Waals surface area contributed by atoms with Gasteiger partial charge in [0.1, 0.15) is 0 Å². The molecule has 0 aromatic rings. The van der Waals surface area contributed by atoms with E-state index in [2.05, 4.69) is 5.32 Å². The normalized spacial score (nSPS) is 29.4. The third kappa shape index (κ3) is 4.05. The van der Waals surface area contributed by atoms with Gasteiger partial charge in [0, 0.05) is 24.9 Å². The van der Waals surface area contributed by atoms with Crippen molar-refractivity contribution in [2.24, 2.45) is 5.41 Å². The second-order valence-corrected chi connectivity index (χ2v) is 7.59. The molecule has 0 aromatic heterocycles. The number of nitrogens with zero attached hydrogens (tertiary/aromatic N) is 1. The van der Waals surface area contributed by atoms with Gasteiger partial charge in [-0.25, -0.2) is 4.79 Å². The van der Waals surface area contributed by atoms with E-state index < -0.39 is 11.4 Å². The Kier molecular flexibility index (Phi) is 5.79. The first kappa shape index (κ1) is 16.5. The Morgan fingerprint density at radius 3 is 2.86 bits per heavy atom. The van der Waals surface area contributed by atoms with E-state index in [1.54, 1.807) is 4.90 Å². The number of carboxylic acid groups (broad SMARTS) is 1. The standard InChI is InChI=1S/C15H26N2O3S/c1-2-6-15(13(18)19)7-4-8-17(11-15)14(20)16-10-12-5-3-9-21-12/h12H,2-11H2,1H3,(H,16,20)(H,18,19). The topological polar surface area (TPSA) is 69.6 Å². The van der Waals surface area contributed by atoms with Crippen LogP contribution in [-0.2, 0) is 4.79 Å². The van der Waals surface area contributed by atoms with Gasteiger partial charge in [-0.1, -0.05) is 13.3 Å². The molecule has 6 heteroatoms. The minimum atomic E-state index is -0.756. The second-order valence-electron chi connectivity index (χ2n) is 6.18. The molecule has 0 aliphatic carbocycles. The van der Waals surface area contributed by atoms with Gasteiger partial charge in [0.25, 0.3) is 0 Å². The van der Waals surface area contributed by atoms with E-state index in [1.807, 2.05) is 18.7 Å². The monoisotopic (exact) mass is 314 g/mol. The van der Waals surface area contributed by atoms with E-state index in [1.165, 1.54) is 18.6 Å². The van der Waals surface area contributed by atoms with Crippen molar-refractivity contribution in [3.63, 3.8) is 0 Å². The average Bonchev–Trinajstić information content (AvgIpc) is 2.98. The third-order valence-corrected chi connectivity index (χ3v) is 5.95. The van der Waals surface area contributed by atoms with Gasteiger partial charge >= 0.3 is 12.0 Å². The van der Waals surface area contributed by atoms with Crippen molar-refractivity contribution >= 4 is 23.8 Å². The zero-order chi connectivity index (χ0) is 15.3. The summed E-state index contributed by atoms with van der Waals surface area (Å²) in [5.41, 5.74) is -0.744. The molecule has 0 radical (unpaired) electrons. The first-order valence-electron chi connectivity index (χ1n) is 7.95. The summed E-state index contributed by atoms with van der Waals surface area (Å²) in [7, 11) is 0. The number of hydrogen-bond donors (Lipinski definition) is 2. The van der Waals surface area contributed by atoms with Crippen LogP contribution < -0.4 is 5.32 Å². The van der Waals surface area contributed by atoms with Crippen LogP contribution in [0.25, 0.3) is 0 Å². The molecule has 2 N–H and O–H groups in total. The Labute approximate surface area is 130 Å². The van der Waals surface area contributed by atoms with Crippen molar-refractivity contribution in [1.82, 2.24) is 10.2 Å². The highest BCUT2D eigenvalue weighted by Crippen LogP contribution is 2.35. The van der Waals surface area contributed by atoms with E-state index >= 15 is 0 Å². The minimum absolute atomic E-state index is 0.0936. The number of rotatable bonds is 5. The summed E-state index contributed by atoms with van der Waals surface area (Å²) in [5.74, 6) is 0.427. The number of hydrogen-bond acceptors (Lipinski definition) is 3. The summed E-state index contributed by atoms with van der Waals surface area (Å²) in [6.45, 7) is 3.72. The highest BCUT2D eigenvalue weighted by atomic mass is 32.2. The van der Waals surface area contributed by atoms with E-state index in [0.717, 1.165) is 12.8 Å². The molecule has 2 aliphatic heterocycles. The second kappa shape index (κ2) is 7.38. The maximum Gasteiger partial charge on any atom is 0.317 e. The lowest BCUT2D eigenvalue weighted by atomic mass is 9.76. The number of piperidine rings is 1. The number of carbonyl (C=O) groups excluding carboxylic acids is 1. The summed E-state index contributed by atoms with van der Waals surface area (Å²) in [4.78, 5) is 25.6. The summed E-state index contributed by atoms with van der Waals surface area (Å²) < 4.78 is 0. The summed E-state index contributed by atoms with van der Waals surface area (Å²) in [5, 5.41) is 13.1. The van der Waals surface area contributed by atoms with Gasteiger partial charge in [0.15, 0.2) is 0 Å². The lowest BCUT2D eigenvalue weighted by Gasteiger charge is -2.39. The summed E-state index contributed by atoms with van der Waals surface area (Å²) in [6, 6.07) is -0.0936. The Hall–Kier alpha value is -0.910. The largest absolute Gasteiger partial charge is 0.481 e. The number of urea groups is 1. The molecule has 0 bridgehead atoms. The maximum absolute atomic E-state index is 12.3. The molecule has 2 atom stereocenters. The fraction of sp³-hybridized carbons (Fsp3) is 0.867. The number of aliphatic carboxylic acids is 1. The zero-order valence-corrected chi connectivity index (χ0v) is 13.6. The fourth-order valence-corrected chi connectivity index (χ4v) is 4.59. The van der Waals surface area contributed by atoms with Crippen LogP contribution in [0.2, 0.25) is 0 Å². The van der Waals surface area contributed by atoms with Crippen molar-refractivity contribution in [3.8, 4) is 0 Å². The van der Waals surface area contributed by atoms with Crippen LogP contribution in [0, 0.1) is 5.41 Å². The van der Waals surface area contributed by atoms with Crippen molar-refractivity contribution in [2.75, 3.05) is 25.4 Å². The zero-order valence-electron chi connectivity index (χ0n) is 12.8. The van der Waals surface area contributed by atoms with Gasteiger partial charge < -0.3 is 15.3 Å². The predicted molar refractivity (Wildman–Crippen MR) is 84.7 cm³/mol. The molecule has 2 unspecified atom stereocenters. The van der Waals surface area contributed by atoms with Crippen LogP contribution >= 0.6 is 11.8 Å². The average molecular weight is 314 g/mol. The SMILES string of the molecule is CCCC1(C(=O)O)CCCN(C(=O)NCC2CCCS2)C1. The lowest BCUT2D eigenvalue weighted by Crippen LogP contribution is -2.53. The first-order chi connectivity index (χ1) is 10.1. The molecule has 2 saturated heterocycles. The third-order valence-electron chi connectivity index (χ3n) is 4.55. The minimum Gasteiger partial charge on any atom is -0.481 e. The van der Waals surface area contributed by atoms with Gasteiger partial charge in [-0.2, -0.15) is 11.8 Å². The number of amides is 2. The predicted octanol–water partition coefficient (Wildman–Crippen LogP) is 2.56. The smallest absolute Gasteiger partial charge is 0.317 e. The highest BCUT2D eigenvalue weighted by molar-refractivity contribution is 8.00. The van der Waals surface area contributed by atoms with Crippen LogP contribution in [0.15, 0.2) is 0 Å². The van der Waals surface area contributed by atoms with Gasteiger partial charge in [0.05, 0.1) is 5.41 Å². The van der Waals surface area contributed by atoms with Crippen LogP contribution in [-0.4, -0.2) is 52.6 Å². The molecule has 2 rings (SSSR count). The van der Waals surface area contributed by atoms with Crippen LogP contribution in [0.5, 0.6) is 0 Å². The molecule has 2 heterocycles. The number of thioether (sulfide) groups is 1. The molecule has 2 amide bonds. The Balaban J connectivity index is 1.89. The van der Waals surface area contributed by atoms with E-state index in [0.29, 0.717) is 37.7 Å². The van der Waals surface area contributed by atoms with Crippen LogP contribution in [0.4, 0.5) is 4.79 Å². The van der Waals surface area contributed by atoms with Gasteiger partial charge in [-0.05, 0) is 37.9 Å². The lowest BCUT2D eigenvalue weighted by molar-refractivity contribution is -0.152. The Morgan fingerprint density at radius 2 is 2.24 bits per heavy atom. The number of nitrogens with one attached hydrogen (secondary N) is 1. The molecule has 5 nitrogen and oxygen atoms in total. The molecule has 0 aromatic carbocycles. The summed E-state index contributed by atoms with van der Waals surface area (Å²) >= 11 is 1.92. The van der Waals surface area contributed by atoms with Crippen molar-refractivity contribution < 1.29 is 14.7 Å². The molecule has 0 saturated carbocycles. The Morgan fingerprint density at radius 1 is 1.43 bits per heavy atom. The molecular weight excluding hydrogens is 288 g/mol. The van der Waals surface area contributed by atoms with Gasteiger partial charge in [0.2, 0.25) is 0 Å². The van der Waals surface area contributed by atoms with Gasteiger partial charge in [-0.15, -0.1) is 0 Å². The highest BCUT2D eigenvalue weighted by Gasteiger charge is 2.42. The Bertz CT molecular complexity index is 381. The maximum atomic E-state index is 12.3. The molecular formula is C15H26N2O3S. The quantitative estimate of drug-likeness (QED) is 0.818. The number of carbonyl (C=O) groups is 2. The van der Waals surface area contributed by atoms with Gasteiger partial charge in [-0.3, -0.25) is 4.79 Å². The van der Waals surface area contributed by atoms with Crippen molar-refractivity contribution in [1.29, 1.82) is 0 Å². The number of carboxylic acids is 1. The first-order valence-corrected chi connectivity index (χ1v) is 9.00. The molecule has 120 valence electrons. The molecule has 2 fully saturated rings. The van der Waals surface area contributed by atoms with Crippen LogP contribution in [0.3, 0.4) is 0 Å². The summed E-state index contributed by atoms with van der Waals surface area (Å²) in [6.07, 6.45) is 5.33. The molecule has 2 aliphatic rings. The number of likely N-dealkylation sites (tertiary alicyclic amines) is 1. The van der Waals surface area contributed by atoms with E-state index in [9.17, 15) is 14.7 Å². The fourth-order valence-electron chi connectivity index (χ4n) is 3.39. The van der Waals surface area contributed by atoms with E-state index in [4.69, 9.17) is 0 Å².